The zero-order chi connectivity index (χ0) is 16.7. The second-order valence-electron chi connectivity index (χ2n) is 5.92. The van der Waals surface area contributed by atoms with Crippen LogP contribution in [0.4, 0.5) is 16.2 Å². The number of anilines is 2. The minimum atomic E-state index is -0.207. The fourth-order valence-corrected chi connectivity index (χ4v) is 2.53. The molecule has 1 aromatic carbocycles. The molecule has 1 aromatic rings. The number of hydrogen-bond donors (Lipinski definition) is 3. The second-order valence-corrected chi connectivity index (χ2v) is 5.92. The highest BCUT2D eigenvalue weighted by molar-refractivity contribution is 5.94. The lowest BCUT2D eigenvalue weighted by Crippen LogP contribution is -2.33. The van der Waals surface area contributed by atoms with Gasteiger partial charge in [0.25, 0.3) is 0 Å². The molecule has 0 saturated carbocycles. The monoisotopic (exact) mass is 315 g/mol. The Hall–Kier alpha value is -2.30. The number of carbonyl (C=O) groups is 2. The highest BCUT2D eigenvalue weighted by Crippen LogP contribution is 2.21. The van der Waals surface area contributed by atoms with Crippen LogP contribution in [0, 0.1) is 12.8 Å². The first kappa shape index (κ1) is 17.1. The molecule has 1 aliphatic carbocycles. The number of carbonyl (C=O) groups excluding carboxylic acids is 2. The van der Waals surface area contributed by atoms with Crippen molar-refractivity contribution in [3.8, 4) is 0 Å². The number of nitrogens with one attached hydrogen (secondary N) is 3. The zero-order valence-electron chi connectivity index (χ0n) is 13.8. The third-order valence-electron chi connectivity index (χ3n) is 4.02. The first-order valence-electron chi connectivity index (χ1n) is 8.19. The predicted octanol–water partition coefficient (Wildman–Crippen LogP) is 3.82. The Morgan fingerprint density at radius 1 is 1.22 bits per heavy atom. The van der Waals surface area contributed by atoms with E-state index in [9.17, 15) is 9.59 Å². The summed E-state index contributed by atoms with van der Waals surface area (Å²) >= 11 is 0. The summed E-state index contributed by atoms with van der Waals surface area (Å²) in [6, 6.07) is 5.29. The van der Waals surface area contributed by atoms with E-state index < -0.39 is 0 Å². The molecule has 0 saturated heterocycles. The van der Waals surface area contributed by atoms with Crippen molar-refractivity contribution >= 4 is 23.3 Å². The van der Waals surface area contributed by atoms with Crippen LogP contribution in [0.5, 0.6) is 0 Å². The van der Waals surface area contributed by atoms with E-state index in [-0.39, 0.29) is 11.9 Å². The van der Waals surface area contributed by atoms with Crippen LogP contribution in [-0.4, -0.2) is 18.5 Å². The number of hydrogen-bond acceptors (Lipinski definition) is 2. The predicted molar refractivity (Wildman–Crippen MR) is 93.6 cm³/mol. The van der Waals surface area contributed by atoms with Gasteiger partial charge in [0.05, 0.1) is 0 Å². The number of allylic oxidation sites excluding steroid dienone is 2. The number of urea groups is 1. The maximum absolute atomic E-state index is 12.1. The Labute approximate surface area is 137 Å². The van der Waals surface area contributed by atoms with E-state index in [1.807, 2.05) is 19.1 Å². The van der Waals surface area contributed by atoms with Gasteiger partial charge in [0, 0.05) is 24.3 Å². The fourth-order valence-electron chi connectivity index (χ4n) is 2.53. The van der Waals surface area contributed by atoms with Crippen molar-refractivity contribution < 1.29 is 9.59 Å². The average molecular weight is 315 g/mol. The van der Waals surface area contributed by atoms with E-state index >= 15 is 0 Å². The van der Waals surface area contributed by atoms with Gasteiger partial charge < -0.3 is 16.0 Å². The summed E-state index contributed by atoms with van der Waals surface area (Å²) in [7, 11) is 0. The molecule has 1 unspecified atom stereocenters. The zero-order valence-corrected chi connectivity index (χ0v) is 13.8. The van der Waals surface area contributed by atoms with E-state index in [0.717, 1.165) is 24.8 Å². The Kier molecular flexibility index (Phi) is 6.20. The van der Waals surface area contributed by atoms with Gasteiger partial charge in [-0.15, -0.1) is 0 Å². The third-order valence-corrected chi connectivity index (χ3v) is 4.02. The molecule has 0 bridgehead atoms. The number of rotatable bonds is 5. The quantitative estimate of drug-likeness (QED) is 0.723. The summed E-state index contributed by atoms with van der Waals surface area (Å²) in [6.07, 6.45) is 8.03. The van der Waals surface area contributed by atoms with E-state index in [4.69, 9.17) is 0 Å². The molecule has 2 rings (SSSR count). The SMILES string of the molecule is CCC(=O)Nc1ccc(C)c(NC(=O)NCC2CC=CCC2)c1. The number of aryl methyl sites for hydroxylation is 1. The van der Waals surface area contributed by atoms with E-state index in [1.165, 1.54) is 0 Å². The lowest BCUT2D eigenvalue weighted by Gasteiger charge is -2.18. The van der Waals surface area contributed by atoms with Gasteiger partial charge in [0.2, 0.25) is 5.91 Å². The van der Waals surface area contributed by atoms with Crippen LogP contribution in [0.3, 0.4) is 0 Å². The molecule has 0 aliphatic heterocycles. The van der Waals surface area contributed by atoms with Gasteiger partial charge in [-0.1, -0.05) is 25.1 Å². The molecule has 0 heterocycles. The highest BCUT2D eigenvalue weighted by Gasteiger charge is 2.12. The van der Waals surface area contributed by atoms with Crippen LogP contribution >= 0.6 is 0 Å². The van der Waals surface area contributed by atoms with Gasteiger partial charge in [-0.05, 0) is 49.8 Å². The number of amides is 3. The molecule has 0 spiro atoms. The lowest BCUT2D eigenvalue weighted by atomic mass is 9.94. The Balaban J connectivity index is 1.90. The Bertz CT molecular complexity index is 596. The van der Waals surface area contributed by atoms with Gasteiger partial charge in [-0.25, -0.2) is 4.79 Å². The van der Waals surface area contributed by atoms with Crippen molar-refractivity contribution in [1.29, 1.82) is 0 Å². The first-order chi connectivity index (χ1) is 11.1. The van der Waals surface area contributed by atoms with Crippen molar-refractivity contribution in [2.45, 2.75) is 39.5 Å². The fraction of sp³-hybridized carbons (Fsp3) is 0.444. The van der Waals surface area contributed by atoms with Gasteiger partial charge in [-0.2, -0.15) is 0 Å². The molecule has 1 atom stereocenters. The van der Waals surface area contributed by atoms with Crippen molar-refractivity contribution in [2.75, 3.05) is 17.2 Å². The van der Waals surface area contributed by atoms with Gasteiger partial charge in [0.1, 0.15) is 0 Å². The lowest BCUT2D eigenvalue weighted by molar-refractivity contribution is -0.115. The summed E-state index contributed by atoms with van der Waals surface area (Å²) in [4.78, 5) is 23.5. The van der Waals surface area contributed by atoms with Gasteiger partial charge >= 0.3 is 6.03 Å². The van der Waals surface area contributed by atoms with Crippen molar-refractivity contribution in [3.63, 3.8) is 0 Å². The van der Waals surface area contributed by atoms with E-state index in [1.54, 1.807) is 13.0 Å². The second kappa shape index (κ2) is 8.36. The molecule has 3 N–H and O–H groups in total. The van der Waals surface area contributed by atoms with Crippen LogP contribution in [0.15, 0.2) is 30.4 Å². The number of benzene rings is 1. The molecule has 5 heteroatoms. The summed E-state index contributed by atoms with van der Waals surface area (Å²) in [6.45, 7) is 4.41. The molecule has 5 nitrogen and oxygen atoms in total. The third kappa shape index (κ3) is 5.43. The smallest absolute Gasteiger partial charge is 0.319 e. The minimum Gasteiger partial charge on any atom is -0.338 e. The van der Waals surface area contributed by atoms with Gasteiger partial charge in [-0.3, -0.25) is 4.79 Å². The highest BCUT2D eigenvalue weighted by atomic mass is 16.2. The van der Waals surface area contributed by atoms with Crippen molar-refractivity contribution in [2.24, 2.45) is 5.92 Å². The molecule has 0 aromatic heterocycles. The van der Waals surface area contributed by atoms with E-state index in [2.05, 4.69) is 28.1 Å². The van der Waals surface area contributed by atoms with Gasteiger partial charge in [0.15, 0.2) is 0 Å². The molecule has 1 aliphatic rings. The van der Waals surface area contributed by atoms with Crippen LogP contribution < -0.4 is 16.0 Å². The largest absolute Gasteiger partial charge is 0.338 e. The summed E-state index contributed by atoms with van der Waals surface area (Å²) in [5.74, 6) is 0.469. The Morgan fingerprint density at radius 3 is 2.74 bits per heavy atom. The minimum absolute atomic E-state index is 0.0467. The molecule has 23 heavy (non-hydrogen) atoms. The van der Waals surface area contributed by atoms with E-state index in [0.29, 0.717) is 30.3 Å². The molecule has 0 fully saturated rings. The van der Waals surface area contributed by atoms with Crippen molar-refractivity contribution in [3.05, 3.63) is 35.9 Å². The average Bonchev–Trinajstić information content (AvgIpc) is 2.57. The normalized spacial score (nSPS) is 16.7. The standard InChI is InChI=1S/C18H25N3O2/c1-3-17(22)20-15-10-9-13(2)16(11-15)21-18(23)19-12-14-7-5-4-6-8-14/h4-5,9-11,14H,3,6-8,12H2,1-2H3,(H,20,22)(H2,19,21,23). The van der Waals surface area contributed by atoms with Crippen molar-refractivity contribution in [1.82, 2.24) is 5.32 Å². The first-order valence-corrected chi connectivity index (χ1v) is 8.19. The summed E-state index contributed by atoms with van der Waals surface area (Å²) in [5, 5.41) is 8.59. The van der Waals surface area contributed by atoms with Crippen LogP contribution in [0.2, 0.25) is 0 Å². The van der Waals surface area contributed by atoms with Crippen LogP contribution in [0.25, 0.3) is 0 Å². The maximum Gasteiger partial charge on any atom is 0.319 e. The topological polar surface area (TPSA) is 70.2 Å². The molecule has 0 radical (unpaired) electrons. The summed E-state index contributed by atoms with van der Waals surface area (Å²) in [5.41, 5.74) is 2.35. The molecular weight excluding hydrogens is 290 g/mol. The molecular formula is C18H25N3O2. The molecule has 124 valence electrons. The Morgan fingerprint density at radius 2 is 2.04 bits per heavy atom. The molecule has 3 amide bonds. The van der Waals surface area contributed by atoms with Crippen LogP contribution in [0.1, 0.15) is 38.2 Å². The maximum atomic E-state index is 12.1. The summed E-state index contributed by atoms with van der Waals surface area (Å²) < 4.78 is 0. The van der Waals surface area contributed by atoms with Crippen LogP contribution in [-0.2, 0) is 4.79 Å².